The lowest BCUT2D eigenvalue weighted by Crippen LogP contribution is -2.24. The van der Waals surface area contributed by atoms with Crippen molar-refractivity contribution in [2.24, 2.45) is 0 Å². The standard InChI is InChI=1S/C10H10ClFOS/c11-8-5-7(1-2-9(8)12)10(13)3-4-14-6-10/h1-2,5,13H,3-4,6H2. The summed E-state index contributed by atoms with van der Waals surface area (Å²) in [7, 11) is 0. The molecule has 0 aromatic heterocycles. The molecule has 1 atom stereocenters. The normalized spacial score (nSPS) is 26.8. The molecule has 2 rings (SSSR count). The van der Waals surface area contributed by atoms with Gasteiger partial charge in [0.2, 0.25) is 0 Å². The molecule has 1 aromatic rings. The quantitative estimate of drug-likeness (QED) is 0.804. The molecule has 0 aliphatic carbocycles. The van der Waals surface area contributed by atoms with Gasteiger partial charge in [-0.05, 0) is 29.9 Å². The molecule has 1 N–H and O–H groups in total. The van der Waals surface area contributed by atoms with Gasteiger partial charge >= 0.3 is 0 Å². The van der Waals surface area contributed by atoms with Gasteiger partial charge in [-0.15, -0.1) is 0 Å². The van der Waals surface area contributed by atoms with Crippen molar-refractivity contribution < 1.29 is 9.50 Å². The topological polar surface area (TPSA) is 20.2 Å². The Morgan fingerprint density at radius 3 is 2.86 bits per heavy atom. The van der Waals surface area contributed by atoms with E-state index in [1.54, 1.807) is 17.8 Å². The van der Waals surface area contributed by atoms with E-state index in [1.807, 2.05) is 0 Å². The van der Waals surface area contributed by atoms with E-state index in [4.69, 9.17) is 11.6 Å². The second kappa shape index (κ2) is 3.72. The number of rotatable bonds is 1. The van der Waals surface area contributed by atoms with Gasteiger partial charge in [0.15, 0.2) is 0 Å². The highest BCUT2D eigenvalue weighted by Gasteiger charge is 2.33. The monoisotopic (exact) mass is 232 g/mol. The maximum atomic E-state index is 12.9. The van der Waals surface area contributed by atoms with Crippen molar-refractivity contribution in [2.75, 3.05) is 11.5 Å². The SMILES string of the molecule is OC1(c2ccc(F)c(Cl)c2)CCSC1. The van der Waals surface area contributed by atoms with Crippen LogP contribution in [0.3, 0.4) is 0 Å². The molecule has 1 aromatic carbocycles. The van der Waals surface area contributed by atoms with Gasteiger partial charge in [0.25, 0.3) is 0 Å². The van der Waals surface area contributed by atoms with E-state index in [0.717, 1.165) is 5.75 Å². The van der Waals surface area contributed by atoms with Crippen LogP contribution in [0.5, 0.6) is 0 Å². The van der Waals surface area contributed by atoms with Crippen molar-refractivity contribution in [1.82, 2.24) is 0 Å². The minimum atomic E-state index is -0.817. The second-order valence-corrected chi connectivity index (χ2v) is 4.98. The van der Waals surface area contributed by atoms with E-state index in [2.05, 4.69) is 0 Å². The van der Waals surface area contributed by atoms with Gasteiger partial charge in [-0.1, -0.05) is 17.7 Å². The van der Waals surface area contributed by atoms with Gasteiger partial charge in [0, 0.05) is 5.75 Å². The third-order valence-corrected chi connectivity index (χ3v) is 3.92. The summed E-state index contributed by atoms with van der Waals surface area (Å²) in [4.78, 5) is 0. The summed E-state index contributed by atoms with van der Waals surface area (Å²) >= 11 is 7.36. The van der Waals surface area contributed by atoms with E-state index in [-0.39, 0.29) is 5.02 Å². The molecule has 1 aliphatic rings. The molecule has 1 heterocycles. The zero-order chi connectivity index (χ0) is 10.2. The molecule has 0 saturated carbocycles. The fourth-order valence-corrected chi connectivity index (χ4v) is 3.02. The molecule has 0 radical (unpaired) electrons. The first-order valence-electron chi connectivity index (χ1n) is 4.37. The van der Waals surface area contributed by atoms with Crippen LogP contribution in [0.1, 0.15) is 12.0 Å². The van der Waals surface area contributed by atoms with Crippen molar-refractivity contribution in [3.8, 4) is 0 Å². The zero-order valence-electron chi connectivity index (χ0n) is 7.46. The first-order valence-corrected chi connectivity index (χ1v) is 5.91. The van der Waals surface area contributed by atoms with Crippen molar-refractivity contribution in [3.63, 3.8) is 0 Å². The highest BCUT2D eigenvalue weighted by atomic mass is 35.5. The highest BCUT2D eigenvalue weighted by Crippen LogP contribution is 2.37. The van der Waals surface area contributed by atoms with Gasteiger partial charge in [-0.2, -0.15) is 11.8 Å². The molecular weight excluding hydrogens is 223 g/mol. The van der Waals surface area contributed by atoms with Gasteiger partial charge < -0.3 is 5.11 Å². The molecular formula is C10H10ClFOS. The Hall–Kier alpha value is -0.250. The molecule has 0 spiro atoms. The molecule has 1 saturated heterocycles. The predicted molar refractivity (Wildman–Crippen MR) is 57.2 cm³/mol. The van der Waals surface area contributed by atoms with Gasteiger partial charge in [-0.25, -0.2) is 4.39 Å². The van der Waals surface area contributed by atoms with Gasteiger partial charge in [0.1, 0.15) is 5.82 Å². The Morgan fingerprint density at radius 1 is 1.50 bits per heavy atom. The highest BCUT2D eigenvalue weighted by molar-refractivity contribution is 7.99. The van der Waals surface area contributed by atoms with Gasteiger partial charge in [-0.3, -0.25) is 0 Å². The van der Waals surface area contributed by atoms with Crippen molar-refractivity contribution in [1.29, 1.82) is 0 Å². The summed E-state index contributed by atoms with van der Waals surface area (Å²) in [6, 6.07) is 4.43. The number of aliphatic hydroxyl groups is 1. The second-order valence-electron chi connectivity index (χ2n) is 3.46. The van der Waals surface area contributed by atoms with Crippen molar-refractivity contribution in [3.05, 3.63) is 34.6 Å². The van der Waals surface area contributed by atoms with E-state index >= 15 is 0 Å². The van der Waals surface area contributed by atoms with E-state index in [1.165, 1.54) is 12.1 Å². The predicted octanol–water partition coefficient (Wildman–Crippen LogP) is 2.80. The Morgan fingerprint density at radius 2 is 2.29 bits per heavy atom. The van der Waals surface area contributed by atoms with E-state index in [0.29, 0.717) is 17.7 Å². The molecule has 1 fully saturated rings. The first-order chi connectivity index (χ1) is 6.62. The average molecular weight is 233 g/mol. The molecule has 76 valence electrons. The third-order valence-electron chi connectivity index (χ3n) is 2.46. The first kappa shape index (κ1) is 10.3. The molecule has 1 unspecified atom stereocenters. The Bertz CT molecular complexity index is 350. The molecule has 0 bridgehead atoms. The number of benzene rings is 1. The van der Waals surface area contributed by atoms with Crippen LogP contribution in [0.25, 0.3) is 0 Å². The molecule has 4 heteroatoms. The van der Waals surface area contributed by atoms with Crippen LogP contribution in [0, 0.1) is 5.82 Å². The summed E-state index contributed by atoms with van der Waals surface area (Å²) in [5, 5.41) is 10.3. The lowest BCUT2D eigenvalue weighted by molar-refractivity contribution is 0.0657. The maximum absolute atomic E-state index is 12.9. The van der Waals surface area contributed by atoms with Crippen LogP contribution in [-0.4, -0.2) is 16.6 Å². The Balaban J connectivity index is 2.36. The zero-order valence-corrected chi connectivity index (χ0v) is 9.04. The van der Waals surface area contributed by atoms with Crippen molar-refractivity contribution >= 4 is 23.4 Å². The van der Waals surface area contributed by atoms with Crippen molar-refractivity contribution in [2.45, 2.75) is 12.0 Å². The fraction of sp³-hybridized carbons (Fsp3) is 0.400. The van der Waals surface area contributed by atoms with E-state index in [9.17, 15) is 9.50 Å². The summed E-state index contributed by atoms with van der Waals surface area (Å²) < 4.78 is 12.9. The Kier molecular flexibility index (Phi) is 2.73. The lowest BCUT2D eigenvalue weighted by Gasteiger charge is -2.21. The van der Waals surface area contributed by atoms with Crippen LogP contribution < -0.4 is 0 Å². The average Bonchev–Trinajstić information content (AvgIpc) is 2.58. The lowest BCUT2D eigenvalue weighted by atomic mass is 9.93. The molecule has 14 heavy (non-hydrogen) atoms. The number of halogens is 2. The fourth-order valence-electron chi connectivity index (χ4n) is 1.57. The summed E-state index contributed by atoms with van der Waals surface area (Å²) in [6.45, 7) is 0. The van der Waals surface area contributed by atoms with E-state index < -0.39 is 11.4 Å². The van der Waals surface area contributed by atoms with Crippen LogP contribution in [-0.2, 0) is 5.60 Å². The molecule has 1 nitrogen and oxygen atoms in total. The van der Waals surface area contributed by atoms with Crippen LogP contribution in [0.2, 0.25) is 5.02 Å². The smallest absolute Gasteiger partial charge is 0.141 e. The molecule has 0 amide bonds. The maximum Gasteiger partial charge on any atom is 0.141 e. The minimum Gasteiger partial charge on any atom is -0.384 e. The number of hydrogen-bond donors (Lipinski definition) is 1. The largest absolute Gasteiger partial charge is 0.384 e. The minimum absolute atomic E-state index is 0.0767. The molecule has 1 aliphatic heterocycles. The van der Waals surface area contributed by atoms with Crippen LogP contribution in [0.4, 0.5) is 4.39 Å². The van der Waals surface area contributed by atoms with Gasteiger partial charge in [0.05, 0.1) is 10.6 Å². The summed E-state index contributed by atoms with van der Waals surface area (Å²) in [6.07, 6.45) is 0.708. The summed E-state index contributed by atoms with van der Waals surface area (Å²) in [5.41, 5.74) is -0.101. The Labute approximate surface area is 91.3 Å². The number of hydrogen-bond acceptors (Lipinski definition) is 2. The summed E-state index contributed by atoms with van der Waals surface area (Å²) in [5.74, 6) is 1.16. The number of thioether (sulfide) groups is 1. The third kappa shape index (κ3) is 1.76. The van der Waals surface area contributed by atoms with Crippen LogP contribution >= 0.6 is 23.4 Å². The van der Waals surface area contributed by atoms with Crippen LogP contribution in [0.15, 0.2) is 18.2 Å².